The van der Waals surface area contributed by atoms with Crippen LogP contribution in [0.15, 0.2) is 24.3 Å². The van der Waals surface area contributed by atoms with E-state index in [1.54, 1.807) is 18.2 Å². The van der Waals surface area contributed by atoms with Crippen LogP contribution in [0.1, 0.15) is 39.5 Å². The second kappa shape index (κ2) is 9.39. The maximum Gasteiger partial charge on any atom is 0.223 e. The van der Waals surface area contributed by atoms with E-state index in [1.165, 1.54) is 6.07 Å². The van der Waals surface area contributed by atoms with Gasteiger partial charge in [0.1, 0.15) is 6.61 Å². The van der Waals surface area contributed by atoms with Crippen LogP contribution in [0.4, 0.5) is 4.39 Å². The summed E-state index contributed by atoms with van der Waals surface area (Å²) in [6.07, 6.45) is 2.78. The van der Waals surface area contributed by atoms with E-state index in [2.05, 4.69) is 5.32 Å². The van der Waals surface area contributed by atoms with Crippen molar-refractivity contribution in [3.05, 3.63) is 30.1 Å². The summed E-state index contributed by atoms with van der Waals surface area (Å²) in [6, 6.07) is 5.99. The first-order valence-corrected chi connectivity index (χ1v) is 8.96. The molecule has 1 aliphatic rings. The van der Waals surface area contributed by atoms with E-state index in [-0.39, 0.29) is 36.1 Å². The number of hydrogen-bond donors (Lipinski definition) is 1. The van der Waals surface area contributed by atoms with Gasteiger partial charge in [0.15, 0.2) is 11.6 Å². The number of nitrogens with one attached hydrogen (secondary N) is 1. The van der Waals surface area contributed by atoms with E-state index >= 15 is 0 Å². The molecule has 0 bridgehead atoms. The number of ether oxygens (including phenoxy) is 1. The van der Waals surface area contributed by atoms with Crippen LogP contribution in [-0.2, 0) is 9.59 Å². The van der Waals surface area contributed by atoms with Crippen LogP contribution in [0.5, 0.6) is 5.75 Å². The number of carbonyl (C=O) groups excluding carboxylic acids is 2. The molecule has 1 aliphatic heterocycles. The average Bonchev–Trinajstić information content (AvgIpc) is 2.61. The number of rotatable bonds is 7. The number of amides is 2. The van der Waals surface area contributed by atoms with Crippen molar-refractivity contribution in [3.8, 4) is 5.75 Å². The van der Waals surface area contributed by atoms with Gasteiger partial charge in [-0.2, -0.15) is 0 Å². The van der Waals surface area contributed by atoms with Crippen LogP contribution >= 0.6 is 0 Å². The highest BCUT2D eigenvalue weighted by Crippen LogP contribution is 2.19. The Balaban J connectivity index is 1.73. The Morgan fingerprint density at radius 3 is 2.64 bits per heavy atom. The predicted molar refractivity (Wildman–Crippen MR) is 93.7 cm³/mol. The molecule has 0 aliphatic carbocycles. The van der Waals surface area contributed by atoms with Gasteiger partial charge < -0.3 is 15.0 Å². The van der Waals surface area contributed by atoms with Crippen molar-refractivity contribution in [1.29, 1.82) is 0 Å². The molecule has 1 unspecified atom stereocenters. The van der Waals surface area contributed by atoms with Crippen LogP contribution in [-0.4, -0.2) is 42.5 Å². The van der Waals surface area contributed by atoms with Crippen molar-refractivity contribution in [2.75, 3.05) is 19.7 Å². The number of halogens is 1. The molecule has 2 rings (SSSR count). The summed E-state index contributed by atoms with van der Waals surface area (Å²) in [6.45, 7) is 5.30. The third kappa shape index (κ3) is 5.73. The van der Waals surface area contributed by atoms with Gasteiger partial charge >= 0.3 is 0 Å². The number of benzene rings is 1. The van der Waals surface area contributed by atoms with Crippen molar-refractivity contribution in [1.82, 2.24) is 10.2 Å². The fraction of sp³-hybridized carbons (Fsp3) is 0.579. The van der Waals surface area contributed by atoms with E-state index in [0.29, 0.717) is 32.4 Å². The van der Waals surface area contributed by atoms with Crippen LogP contribution < -0.4 is 10.1 Å². The van der Waals surface area contributed by atoms with Crippen molar-refractivity contribution < 1.29 is 18.7 Å². The van der Waals surface area contributed by atoms with Crippen LogP contribution in [0.2, 0.25) is 0 Å². The fourth-order valence-corrected chi connectivity index (χ4v) is 2.94. The fourth-order valence-electron chi connectivity index (χ4n) is 2.94. The molecule has 1 saturated heterocycles. The number of carbonyl (C=O) groups is 2. The molecule has 2 amide bonds. The van der Waals surface area contributed by atoms with E-state index in [1.807, 2.05) is 18.7 Å². The predicted octanol–water partition coefficient (Wildman–Crippen LogP) is 2.75. The maximum atomic E-state index is 13.5. The Kier molecular flexibility index (Phi) is 7.22. The Morgan fingerprint density at radius 1 is 1.32 bits per heavy atom. The van der Waals surface area contributed by atoms with Crippen molar-refractivity contribution in [2.24, 2.45) is 5.92 Å². The van der Waals surface area contributed by atoms with Crippen molar-refractivity contribution in [2.45, 2.75) is 45.6 Å². The van der Waals surface area contributed by atoms with Crippen molar-refractivity contribution in [3.63, 3.8) is 0 Å². The molecule has 1 heterocycles. The quantitative estimate of drug-likeness (QED) is 0.823. The molecule has 1 atom stereocenters. The molecule has 0 aromatic heterocycles. The summed E-state index contributed by atoms with van der Waals surface area (Å²) in [5.74, 6) is -0.154. The molecule has 0 saturated carbocycles. The second-order valence-electron chi connectivity index (χ2n) is 6.56. The Bertz CT molecular complexity index is 586. The first-order chi connectivity index (χ1) is 12.0. The lowest BCUT2D eigenvalue weighted by Crippen LogP contribution is -2.45. The normalized spacial score (nSPS) is 16.4. The van der Waals surface area contributed by atoms with Crippen molar-refractivity contribution >= 4 is 11.8 Å². The average molecular weight is 350 g/mol. The van der Waals surface area contributed by atoms with E-state index in [0.717, 1.165) is 6.42 Å². The van der Waals surface area contributed by atoms with Gasteiger partial charge in [-0.1, -0.05) is 19.1 Å². The Hall–Kier alpha value is -2.11. The minimum atomic E-state index is -0.412. The van der Waals surface area contributed by atoms with Gasteiger partial charge in [-0.25, -0.2) is 4.39 Å². The minimum absolute atomic E-state index is 0.0211. The van der Waals surface area contributed by atoms with E-state index in [9.17, 15) is 14.0 Å². The highest BCUT2D eigenvalue weighted by molar-refractivity contribution is 5.80. The van der Waals surface area contributed by atoms with Crippen LogP contribution in [0.25, 0.3) is 0 Å². The topological polar surface area (TPSA) is 58.6 Å². The molecule has 0 radical (unpaired) electrons. The maximum absolute atomic E-state index is 13.5. The smallest absolute Gasteiger partial charge is 0.223 e. The Morgan fingerprint density at radius 2 is 2.00 bits per heavy atom. The molecule has 25 heavy (non-hydrogen) atoms. The van der Waals surface area contributed by atoms with Gasteiger partial charge in [-0.05, 0) is 38.3 Å². The second-order valence-corrected chi connectivity index (χ2v) is 6.56. The van der Waals surface area contributed by atoms with Gasteiger partial charge in [0.2, 0.25) is 11.8 Å². The van der Waals surface area contributed by atoms with Gasteiger partial charge in [0.05, 0.1) is 6.04 Å². The molecule has 1 N–H and O–H groups in total. The van der Waals surface area contributed by atoms with E-state index in [4.69, 9.17) is 4.74 Å². The van der Waals surface area contributed by atoms with Gasteiger partial charge in [-0.3, -0.25) is 9.59 Å². The number of nitrogens with zero attached hydrogens (tertiary/aromatic N) is 1. The van der Waals surface area contributed by atoms with Gasteiger partial charge in [-0.15, -0.1) is 0 Å². The summed E-state index contributed by atoms with van der Waals surface area (Å²) >= 11 is 0. The summed E-state index contributed by atoms with van der Waals surface area (Å²) < 4.78 is 18.9. The molecule has 138 valence electrons. The SMILES string of the molecule is CCCC(=O)N1CCC(C(=O)NC(C)COc2ccccc2F)CC1. The minimum Gasteiger partial charge on any atom is -0.488 e. The number of hydrogen-bond acceptors (Lipinski definition) is 3. The summed E-state index contributed by atoms with van der Waals surface area (Å²) in [4.78, 5) is 26.1. The molecule has 6 heteroatoms. The number of piperidine rings is 1. The highest BCUT2D eigenvalue weighted by atomic mass is 19.1. The van der Waals surface area contributed by atoms with Gasteiger partial charge in [0, 0.05) is 25.4 Å². The molecular formula is C19H27FN2O3. The summed E-state index contributed by atoms with van der Waals surface area (Å²) in [5.41, 5.74) is 0. The standard InChI is InChI=1S/C19H27FN2O3/c1-3-6-18(23)22-11-9-15(10-12-22)19(24)21-14(2)13-25-17-8-5-4-7-16(17)20/h4-5,7-8,14-15H,3,6,9-13H2,1-2H3,(H,21,24). The largest absolute Gasteiger partial charge is 0.488 e. The number of para-hydroxylation sites is 1. The Labute approximate surface area is 148 Å². The molecule has 1 aromatic rings. The first-order valence-electron chi connectivity index (χ1n) is 8.96. The van der Waals surface area contributed by atoms with Crippen LogP contribution in [0.3, 0.4) is 0 Å². The molecule has 0 spiro atoms. The zero-order chi connectivity index (χ0) is 18.2. The third-order valence-corrected chi connectivity index (χ3v) is 4.40. The summed E-state index contributed by atoms with van der Waals surface area (Å²) in [7, 11) is 0. The molecule has 5 nitrogen and oxygen atoms in total. The molecule has 1 fully saturated rings. The zero-order valence-corrected chi connectivity index (χ0v) is 15.0. The lowest BCUT2D eigenvalue weighted by Gasteiger charge is -2.32. The summed E-state index contributed by atoms with van der Waals surface area (Å²) in [5, 5.41) is 2.92. The number of likely N-dealkylation sites (tertiary alicyclic amines) is 1. The molecule has 1 aromatic carbocycles. The lowest BCUT2D eigenvalue weighted by atomic mass is 9.95. The first kappa shape index (κ1) is 19.2. The van der Waals surface area contributed by atoms with E-state index < -0.39 is 5.82 Å². The molecular weight excluding hydrogens is 323 g/mol. The zero-order valence-electron chi connectivity index (χ0n) is 15.0. The monoisotopic (exact) mass is 350 g/mol. The van der Waals surface area contributed by atoms with Gasteiger partial charge in [0.25, 0.3) is 0 Å². The third-order valence-electron chi connectivity index (χ3n) is 4.40. The van der Waals surface area contributed by atoms with Crippen LogP contribution in [0, 0.1) is 11.7 Å². The highest BCUT2D eigenvalue weighted by Gasteiger charge is 2.27. The lowest BCUT2D eigenvalue weighted by molar-refractivity contribution is -0.135.